The summed E-state index contributed by atoms with van der Waals surface area (Å²) in [6, 6.07) is 6.94. The lowest BCUT2D eigenvalue weighted by Gasteiger charge is -2.42. The lowest BCUT2D eigenvalue weighted by atomic mass is 9.73. The van der Waals surface area contributed by atoms with Gasteiger partial charge in [0.15, 0.2) is 0 Å². The van der Waals surface area contributed by atoms with E-state index in [2.05, 4.69) is 10.2 Å². The van der Waals surface area contributed by atoms with Gasteiger partial charge in [-0.15, -0.1) is 11.3 Å². The topological polar surface area (TPSA) is 114 Å². The molecular formula is C28H34N4O5S. The summed E-state index contributed by atoms with van der Waals surface area (Å²) in [5.74, 6) is -0.634. The molecule has 1 saturated heterocycles. The summed E-state index contributed by atoms with van der Waals surface area (Å²) < 4.78 is 11.4. The molecule has 1 fully saturated rings. The number of esters is 1. The minimum Gasteiger partial charge on any atom is -0.495 e. The number of nitrogens with one attached hydrogen (secondary N) is 1. The Balaban J connectivity index is 1.61. The molecule has 4 heterocycles. The van der Waals surface area contributed by atoms with Crippen LogP contribution in [0.1, 0.15) is 49.2 Å². The van der Waals surface area contributed by atoms with Crippen LogP contribution in [0.15, 0.2) is 41.4 Å². The number of ether oxygens (including phenoxy) is 2. The molecule has 0 spiro atoms. The molecule has 10 heteroatoms. The van der Waals surface area contributed by atoms with E-state index in [0.717, 1.165) is 35.5 Å². The molecule has 3 N–H and O–H groups in total. The fourth-order valence-electron chi connectivity index (χ4n) is 5.53. The third kappa shape index (κ3) is 4.56. The SMILES string of the molecule is COc1cc2c(cc1NC(=O)CN1CCC1)C1N(CC2)C(C(=O)OC(C)(C)C)=CC1(C(N)=O)c1cccs1. The fourth-order valence-corrected chi connectivity index (χ4v) is 6.46. The van der Waals surface area contributed by atoms with E-state index in [1.54, 1.807) is 13.2 Å². The van der Waals surface area contributed by atoms with E-state index >= 15 is 0 Å². The lowest BCUT2D eigenvalue weighted by molar-refractivity contribution is -0.152. The Morgan fingerprint density at radius 3 is 2.55 bits per heavy atom. The average Bonchev–Trinajstić information content (AvgIpc) is 3.47. The third-order valence-corrected chi connectivity index (χ3v) is 8.35. The van der Waals surface area contributed by atoms with Gasteiger partial charge in [0.2, 0.25) is 11.8 Å². The van der Waals surface area contributed by atoms with Crippen LogP contribution in [0.4, 0.5) is 5.69 Å². The molecule has 1 aromatic carbocycles. The molecule has 0 bridgehead atoms. The first-order chi connectivity index (χ1) is 18.0. The van der Waals surface area contributed by atoms with Crippen molar-refractivity contribution in [3.8, 4) is 5.75 Å². The van der Waals surface area contributed by atoms with Gasteiger partial charge in [0.05, 0.1) is 25.4 Å². The maximum atomic E-state index is 13.4. The number of hydrogen-bond acceptors (Lipinski definition) is 8. The van der Waals surface area contributed by atoms with Crippen molar-refractivity contribution in [3.63, 3.8) is 0 Å². The number of hydrogen-bond donors (Lipinski definition) is 2. The highest BCUT2D eigenvalue weighted by molar-refractivity contribution is 7.10. The Morgan fingerprint density at radius 2 is 1.97 bits per heavy atom. The van der Waals surface area contributed by atoms with Crippen molar-refractivity contribution in [1.29, 1.82) is 0 Å². The van der Waals surface area contributed by atoms with Gasteiger partial charge < -0.3 is 25.4 Å². The molecule has 5 rings (SSSR count). The molecule has 2 amide bonds. The number of primary amides is 1. The number of likely N-dealkylation sites (tertiary alicyclic amines) is 1. The zero-order valence-electron chi connectivity index (χ0n) is 22.2. The van der Waals surface area contributed by atoms with Crippen molar-refractivity contribution in [3.05, 3.63) is 57.4 Å². The maximum absolute atomic E-state index is 13.4. The molecule has 3 aliphatic heterocycles. The molecule has 0 radical (unpaired) electrons. The van der Waals surface area contributed by atoms with Gasteiger partial charge in [-0.1, -0.05) is 6.07 Å². The Bertz CT molecular complexity index is 1300. The quantitative estimate of drug-likeness (QED) is 0.521. The van der Waals surface area contributed by atoms with Crippen LogP contribution < -0.4 is 15.8 Å². The Kier molecular flexibility index (Phi) is 6.73. The summed E-state index contributed by atoms with van der Waals surface area (Å²) in [5.41, 5.74) is 6.82. The van der Waals surface area contributed by atoms with Crippen LogP contribution in [0, 0.1) is 0 Å². The van der Waals surface area contributed by atoms with E-state index in [0.29, 0.717) is 36.6 Å². The van der Waals surface area contributed by atoms with Crippen molar-refractivity contribution in [2.24, 2.45) is 5.73 Å². The van der Waals surface area contributed by atoms with Gasteiger partial charge in [0.25, 0.3) is 0 Å². The first kappa shape index (κ1) is 26.2. The Morgan fingerprint density at radius 1 is 1.21 bits per heavy atom. The molecular weight excluding hydrogens is 504 g/mol. The van der Waals surface area contributed by atoms with Gasteiger partial charge in [-0.3, -0.25) is 14.5 Å². The lowest BCUT2D eigenvalue weighted by Crippen LogP contribution is -2.48. The van der Waals surface area contributed by atoms with E-state index in [1.165, 1.54) is 11.3 Å². The summed E-state index contributed by atoms with van der Waals surface area (Å²) in [6.45, 7) is 8.05. The minimum atomic E-state index is -1.29. The first-order valence-corrected chi connectivity index (χ1v) is 13.7. The number of rotatable bonds is 7. The second kappa shape index (κ2) is 9.74. The van der Waals surface area contributed by atoms with E-state index in [1.807, 2.05) is 55.3 Å². The molecule has 2 atom stereocenters. The van der Waals surface area contributed by atoms with E-state index < -0.39 is 28.9 Å². The number of nitrogens with two attached hydrogens (primary N) is 1. The molecule has 3 aliphatic rings. The molecule has 2 aromatic rings. The van der Waals surface area contributed by atoms with Crippen molar-refractivity contribution in [1.82, 2.24) is 9.80 Å². The highest BCUT2D eigenvalue weighted by Gasteiger charge is 2.57. The van der Waals surface area contributed by atoms with Crippen molar-refractivity contribution in [2.45, 2.75) is 50.7 Å². The average molecular weight is 539 g/mol. The molecule has 0 saturated carbocycles. The van der Waals surface area contributed by atoms with Crippen LogP contribution in [0.2, 0.25) is 0 Å². The van der Waals surface area contributed by atoms with Crippen LogP contribution in [-0.2, 0) is 31.0 Å². The largest absolute Gasteiger partial charge is 0.495 e. The Labute approximate surface area is 226 Å². The van der Waals surface area contributed by atoms with Crippen LogP contribution in [0.3, 0.4) is 0 Å². The smallest absolute Gasteiger partial charge is 0.354 e. The highest BCUT2D eigenvalue weighted by Crippen LogP contribution is 2.54. The normalized spacial score (nSPS) is 22.6. The number of benzene rings is 1. The number of fused-ring (bicyclic) bond motifs is 3. The third-order valence-electron chi connectivity index (χ3n) is 7.33. The molecule has 0 aliphatic carbocycles. The van der Waals surface area contributed by atoms with Gasteiger partial charge in [-0.05, 0) is 87.5 Å². The standard InChI is InChI=1S/C28H34N4O5S/c1-27(2,3)37-25(34)20-15-28(26(29)35,22-7-5-12-38-22)24-18-14-19(30-23(33)16-31-9-6-10-31)21(36-4)13-17(18)8-11-32(20)24/h5,7,12-15,24H,6,8-11,16H2,1-4H3,(H2,29,35)(H,30,33). The van der Waals surface area contributed by atoms with Crippen LogP contribution in [-0.4, -0.2) is 66.5 Å². The zero-order chi connectivity index (χ0) is 27.2. The number of amides is 2. The Hall–Kier alpha value is -3.37. The molecule has 9 nitrogen and oxygen atoms in total. The van der Waals surface area contributed by atoms with Gasteiger partial charge in [0, 0.05) is 11.4 Å². The van der Waals surface area contributed by atoms with Crippen molar-refractivity contribution < 1.29 is 23.9 Å². The second-order valence-electron chi connectivity index (χ2n) is 11.0. The zero-order valence-corrected chi connectivity index (χ0v) is 23.0. The first-order valence-electron chi connectivity index (χ1n) is 12.8. The molecule has 1 aromatic heterocycles. The number of methoxy groups -OCH3 is 1. The van der Waals surface area contributed by atoms with E-state index in [9.17, 15) is 14.4 Å². The summed E-state index contributed by atoms with van der Waals surface area (Å²) in [5, 5.41) is 4.89. The van der Waals surface area contributed by atoms with Gasteiger partial charge in [-0.25, -0.2) is 4.79 Å². The molecule has 202 valence electrons. The summed E-state index contributed by atoms with van der Waals surface area (Å²) in [7, 11) is 1.57. The predicted octanol–water partition coefficient (Wildman–Crippen LogP) is 2.96. The number of nitrogens with zero attached hydrogens (tertiary/aromatic N) is 2. The van der Waals surface area contributed by atoms with E-state index in [4.69, 9.17) is 15.2 Å². The number of carbonyl (C=O) groups excluding carboxylic acids is 3. The second-order valence-corrected chi connectivity index (χ2v) is 12.0. The highest BCUT2D eigenvalue weighted by atomic mass is 32.1. The van der Waals surface area contributed by atoms with Crippen LogP contribution >= 0.6 is 11.3 Å². The van der Waals surface area contributed by atoms with Crippen molar-refractivity contribution in [2.75, 3.05) is 38.6 Å². The van der Waals surface area contributed by atoms with Crippen LogP contribution in [0.5, 0.6) is 5.75 Å². The molecule has 2 unspecified atom stereocenters. The minimum absolute atomic E-state index is 0.131. The summed E-state index contributed by atoms with van der Waals surface area (Å²) >= 11 is 1.42. The van der Waals surface area contributed by atoms with Gasteiger partial charge in [0.1, 0.15) is 22.5 Å². The molecule has 38 heavy (non-hydrogen) atoms. The number of anilines is 1. The monoisotopic (exact) mass is 538 g/mol. The van der Waals surface area contributed by atoms with Gasteiger partial charge >= 0.3 is 5.97 Å². The van der Waals surface area contributed by atoms with E-state index in [-0.39, 0.29) is 5.91 Å². The maximum Gasteiger partial charge on any atom is 0.354 e. The fraction of sp³-hybridized carbons (Fsp3) is 0.464. The number of carbonyl (C=O) groups is 3. The van der Waals surface area contributed by atoms with Crippen LogP contribution in [0.25, 0.3) is 0 Å². The summed E-state index contributed by atoms with van der Waals surface area (Å²) in [4.78, 5) is 44.3. The predicted molar refractivity (Wildman–Crippen MR) is 145 cm³/mol. The van der Waals surface area contributed by atoms with Gasteiger partial charge in [-0.2, -0.15) is 0 Å². The van der Waals surface area contributed by atoms with Crippen molar-refractivity contribution >= 4 is 34.8 Å². The summed E-state index contributed by atoms with van der Waals surface area (Å²) in [6.07, 6.45) is 3.39. The number of thiophene rings is 1.